The zero-order chi connectivity index (χ0) is 28.6. The van der Waals surface area contributed by atoms with E-state index in [1.807, 2.05) is 0 Å². The van der Waals surface area contributed by atoms with Gasteiger partial charge in [-0.25, -0.2) is 18.0 Å². The maximum atomic E-state index is 13.9. The Balaban J connectivity index is 1.54. The van der Waals surface area contributed by atoms with Gasteiger partial charge in [0.1, 0.15) is 11.5 Å². The Morgan fingerprint density at radius 2 is 1.51 bits per heavy atom. The lowest BCUT2D eigenvalue weighted by Crippen LogP contribution is -2.29. The molecule has 0 amide bonds. The number of Topliss-reactive ketones (excluding diaryl/α,β-unsaturated/α-hetero) is 1. The van der Waals surface area contributed by atoms with Crippen LogP contribution in [0.2, 0.25) is 0 Å². The first kappa shape index (κ1) is 27.4. The van der Waals surface area contributed by atoms with Crippen LogP contribution in [-0.4, -0.2) is 32.1 Å². The van der Waals surface area contributed by atoms with E-state index in [1.165, 1.54) is 32.4 Å². The molecule has 0 aromatic heterocycles. The van der Waals surface area contributed by atoms with Crippen LogP contribution in [0.15, 0.2) is 36.1 Å². The summed E-state index contributed by atoms with van der Waals surface area (Å²) in [5.74, 6) is -13.7. The molecule has 7 nitrogen and oxygen atoms in total. The minimum atomic E-state index is -2.37. The number of methoxy groups -OCH3 is 2. The molecule has 12 heteroatoms. The van der Waals surface area contributed by atoms with Gasteiger partial charge in [-0.15, -0.1) is 0 Å². The van der Waals surface area contributed by atoms with Gasteiger partial charge < -0.3 is 23.7 Å². The second-order valence-electron chi connectivity index (χ2n) is 8.25. The highest BCUT2D eigenvalue weighted by molar-refractivity contribution is 6.15. The van der Waals surface area contributed by atoms with Crippen molar-refractivity contribution in [2.24, 2.45) is 0 Å². The molecule has 0 spiro atoms. The van der Waals surface area contributed by atoms with E-state index >= 15 is 0 Å². The van der Waals surface area contributed by atoms with E-state index in [4.69, 9.17) is 23.7 Å². The lowest BCUT2D eigenvalue weighted by atomic mass is 10.0. The summed E-state index contributed by atoms with van der Waals surface area (Å²) in [6.07, 6.45) is -0.301. The smallest absolute Gasteiger partial charge is 0.352 e. The van der Waals surface area contributed by atoms with E-state index in [2.05, 4.69) is 0 Å². The van der Waals surface area contributed by atoms with Gasteiger partial charge in [0.2, 0.25) is 34.9 Å². The van der Waals surface area contributed by atoms with Gasteiger partial charge in [0.05, 0.1) is 19.8 Å². The van der Waals surface area contributed by atoms with E-state index < -0.39 is 52.7 Å². The number of ketones is 1. The Kier molecular flexibility index (Phi) is 7.48. The van der Waals surface area contributed by atoms with Crippen molar-refractivity contribution in [2.45, 2.75) is 20.0 Å². The number of fused-ring (bicyclic) bond motifs is 1. The summed E-state index contributed by atoms with van der Waals surface area (Å²) >= 11 is 0. The number of aryl methyl sites for hydroxylation is 1. The maximum Gasteiger partial charge on any atom is 0.352 e. The van der Waals surface area contributed by atoms with Gasteiger partial charge in [-0.3, -0.25) is 4.79 Å². The summed E-state index contributed by atoms with van der Waals surface area (Å²) in [7, 11) is 2.94. The highest BCUT2D eigenvalue weighted by atomic mass is 19.2. The first-order valence-electron chi connectivity index (χ1n) is 11.2. The number of allylic oxidation sites excluding steroid dienone is 1. The zero-order valence-corrected chi connectivity index (χ0v) is 20.8. The molecule has 204 valence electrons. The van der Waals surface area contributed by atoms with Gasteiger partial charge >= 0.3 is 5.97 Å². The van der Waals surface area contributed by atoms with Crippen molar-refractivity contribution in [3.8, 4) is 28.7 Å². The lowest BCUT2D eigenvalue weighted by Gasteiger charge is -2.16. The van der Waals surface area contributed by atoms with Crippen LogP contribution < -0.4 is 23.7 Å². The minimum absolute atomic E-state index is 0.0215. The summed E-state index contributed by atoms with van der Waals surface area (Å²) in [6, 6.07) is 7.54. The molecular formula is C27H19F5O7. The van der Waals surface area contributed by atoms with Gasteiger partial charge in [0.15, 0.2) is 29.1 Å². The highest BCUT2D eigenvalue weighted by Gasteiger charge is 2.32. The summed E-state index contributed by atoms with van der Waals surface area (Å²) in [6.45, 7) is 2.55. The van der Waals surface area contributed by atoms with Crippen LogP contribution in [0.5, 0.6) is 28.7 Å². The molecule has 0 radical (unpaired) electrons. The molecule has 0 saturated heterocycles. The standard InChI is InChI=1S/C27H19F5O7/c1-11-7-14(38-27(34)12(2)37-26-23(31)21(29)20(28)22(30)24(26)32)10-17-19(11)25(33)18(39-17)9-13-5-6-15(35-3)16(8-13)36-4/h5-10,12H,1-4H3/b18-9-. The van der Waals surface area contributed by atoms with Crippen molar-refractivity contribution in [3.05, 3.63) is 81.9 Å². The van der Waals surface area contributed by atoms with Gasteiger partial charge in [-0.2, -0.15) is 8.78 Å². The van der Waals surface area contributed by atoms with Crippen molar-refractivity contribution in [1.29, 1.82) is 0 Å². The zero-order valence-electron chi connectivity index (χ0n) is 20.8. The van der Waals surface area contributed by atoms with Crippen LogP contribution in [0.25, 0.3) is 6.08 Å². The molecule has 3 aromatic carbocycles. The van der Waals surface area contributed by atoms with E-state index in [1.54, 1.807) is 25.1 Å². The van der Waals surface area contributed by atoms with E-state index in [0.717, 1.165) is 6.92 Å². The third kappa shape index (κ3) is 5.09. The molecule has 39 heavy (non-hydrogen) atoms. The Morgan fingerprint density at radius 3 is 2.13 bits per heavy atom. The van der Waals surface area contributed by atoms with Gasteiger partial charge in [-0.05, 0) is 49.2 Å². The molecule has 1 unspecified atom stereocenters. The SMILES string of the molecule is COc1ccc(/C=C2\Oc3cc(OC(=O)C(C)Oc4c(F)c(F)c(F)c(F)c4F)cc(C)c3C2=O)cc1OC. The number of halogens is 5. The summed E-state index contributed by atoms with van der Waals surface area (Å²) in [5, 5.41) is 0. The van der Waals surface area contributed by atoms with Crippen molar-refractivity contribution >= 4 is 17.8 Å². The van der Waals surface area contributed by atoms with Crippen molar-refractivity contribution in [1.82, 2.24) is 0 Å². The first-order chi connectivity index (χ1) is 18.5. The normalized spacial score (nSPS) is 14.1. The van der Waals surface area contributed by atoms with Crippen LogP contribution in [0.1, 0.15) is 28.4 Å². The van der Waals surface area contributed by atoms with Crippen LogP contribution in [-0.2, 0) is 4.79 Å². The third-order valence-electron chi connectivity index (χ3n) is 5.66. The molecule has 1 heterocycles. The second-order valence-corrected chi connectivity index (χ2v) is 8.25. The number of hydrogen-bond acceptors (Lipinski definition) is 7. The second kappa shape index (κ2) is 10.6. The Bertz CT molecular complexity index is 1500. The molecule has 0 fully saturated rings. The van der Waals surface area contributed by atoms with Crippen molar-refractivity contribution < 1.29 is 55.2 Å². The van der Waals surface area contributed by atoms with E-state index in [9.17, 15) is 31.5 Å². The van der Waals surface area contributed by atoms with Crippen LogP contribution in [0, 0.1) is 36.0 Å². The average Bonchev–Trinajstić information content (AvgIpc) is 3.23. The fraction of sp³-hybridized carbons (Fsp3) is 0.185. The van der Waals surface area contributed by atoms with Gasteiger partial charge in [-0.1, -0.05) is 6.07 Å². The number of ether oxygens (including phenoxy) is 5. The Morgan fingerprint density at radius 1 is 0.897 bits per heavy atom. The van der Waals surface area contributed by atoms with Gasteiger partial charge in [0.25, 0.3) is 0 Å². The van der Waals surface area contributed by atoms with Crippen molar-refractivity contribution in [3.63, 3.8) is 0 Å². The average molecular weight is 550 g/mol. The lowest BCUT2D eigenvalue weighted by molar-refractivity contribution is -0.141. The molecular weight excluding hydrogens is 531 g/mol. The molecule has 0 saturated carbocycles. The molecule has 3 aromatic rings. The van der Waals surface area contributed by atoms with E-state index in [0.29, 0.717) is 22.6 Å². The predicted molar refractivity (Wildman–Crippen MR) is 126 cm³/mol. The van der Waals surface area contributed by atoms with Crippen LogP contribution in [0.4, 0.5) is 22.0 Å². The predicted octanol–water partition coefficient (Wildman–Crippen LogP) is 5.70. The monoisotopic (exact) mass is 550 g/mol. The number of carbonyl (C=O) groups is 2. The van der Waals surface area contributed by atoms with E-state index in [-0.39, 0.29) is 22.8 Å². The Labute approximate surface area is 218 Å². The number of esters is 1. The quantitative estimate of drug-likeness (QED) is 0.0933. The Hall–Kier alpha value is -4.61. The number of hydrogen-bond donors (Lipinski definition) is 0. The fourth-order valence-electron chi connectivity index (χ4n) is 3.74. The summed E-state index contributed by atoms with van der Waals surface area (Å²) in [4.78, 5) is 25.4. The highest BCUT2D eigenvalue weighted by Crippen LogP contribution is 2.38. The fourth-order valence-corrected chi connectivity index (χ4v) is 3.74. The molecule has 4 rings (SSSR count). The number of carbonyl (C=O) groups excluding carboxylic acids is 2. The molecule has 0 bridgehead atoms. The summed E-state index contributed by atoms with van der Waals surface area (Å²) in [5.41, 5.74) is 1.17. The molecule has 0 N–H and O–H groups in total. The van der Waals surface area contributed by atoms with Gasteiger partial charge in [0, 0.05) is 6.07 Å². The topological polar surface area (TPSA) is 80.3 Å². The molecule has 0 aliphatic carbocycles. The minimum Gasteiger partial charge on any atom is -0.493 e. The summed E-state index contributed by atoms with van der Waals surface area (Å²) < 4.78 is 93.9. The van der Waals surface area contributed by atoms with Crippen LogP contribution >= 0.6 is 0 Å². The number of benzene rings is 3. The van der Waals surface area contributed by atoms with Crippen LogP contribution in [0.3, 0.4) is 0 Å². The molecule has 1 aliphatic rings. The van der Waals surface area contributed by atoms with Crippen molar-refractivity contribution in [2.75, 3.05) is 14.2 Å². The molecule has 1 atom stereocenters. The molecule has 1 aliphatic heterocycles. The third-order valence-corrected chi connectivity index (χ3v) is 5.66. The maximum absolute atomic E-state index is 13.9. The number of rotatable bonds is 7. The first-order valence-corrected chi connectivity index (χ1v) is 11.2. The largest absolute Gasteiger partial charge is 0.493 e.